The van der Waals surface area contributed by atoms with Crippen LogP contribution in [0.3, 0.4) is 0 Å². The van der Waals surface area contributed by atoms with Crippen LogP contribution in [-0.4, -0.2) is 35.1 Å². The van der Waals surface area contributed by atoms with Crippen LogP contribution in [0.15, 0.2) is 18.2 Å². The van der Waals surface area contributed by atoms with Crippen molar-refractivity contribution in [2.45, 2.75) is 13.3 Å². The molecule has 104 valence electrons. The highest BCUT2D eigenvalue weighted by Crippen LogP contribution is 2.18. The van der Waals surface area contributed by atoms with Gasteiger partial charge >= 0.3 is 12.0 Å². The second kappa shape index (κ2) is 6.94. The number of carbonyl (C=O) groups excluding carboxylic acids is 1. The number of halogens is 2. The molecule has 0 aliphatic carbocycles. The minimum atomic E-state index is -0.986. The fraction of sp³-hybridized carbons (Fsp3) is 0.333. The molecule has 0 heterocycles. The Morgan fingerprint density at radius 1 is 1.42 bits per heavy atom. The molecule has 0 atom stereocenters. The zero-order chi connectivity index (χ0) is 14.4. The van der Waals surface area contributed by atoms with Crippen molar-refractivity contribution in [3.8, 4) is 0 Å². The van der Waals surface area contributed by atoms with E-state index in [1.807, 2.05) is 0 Å². The first-order valence-electron chi connectivity index (χ1n) is 5.66. The van der Waals surface area contributed by atoms with Gasteiger partial charge in [-0.15, -0.1) is 0 Å². The number of nitrogens with zero attached hydrogens (tertiary/aromatic N) is 1. The average Bonchev–Trinajstić information content (AvgIpc) is 2.27. The summed E-state index contributed by atoms with van der Waals surface area (Å²) in [6.07, 6.45) is -0.148. The predicted molar refractivity (Wildman–Crippen MR) is 69.9 cm³/mol. The summed E-state index contributed by atoms with van der Waals surface area (Å²) in [6, 6.07) is 3.17. The molecule has 0 fully saturated rings. The number of aliphatic carboxylic acids is 1. The van der Waals surface area contributed by atoms with Gasteiger partial charge in [-0.3, -0.25) is 4.79 Å². The largest absolute Gasteiger partial charge is 0.481 e. The summed E-state index contributed by atoms with van der Waals surface area (Å²) >= 11 is 5.67. The smallest absolute Gasteiger partial charge is 0.321 e. The first kappa shape index (κ1) is 15.2. The number of nitrogens with one attached hydrogen (secondary N) is 1. The van der Waals surface area contributed by atoms with Gasteiger partial charge in [0.25, 0.3) is 0 Å². The van der Waals surface area contributed by atoms with Gasteiger partial charge < -0.3 is 15.3 Å². The molecule has 7 heteroatoms. The van der Waals surface area contributed by atoms with Gasteiger partial charge in [-0.05, 0) is 25.1 Å². The molecule has 0 bridgehead atoms. The fourth-order valence-electron chi connectivity index (χ4n) is 1.46. The van der Waals surface area contributed by atoms with E-state index < -0.39 is 17.8 Å². The zero-order valence-electron chi connectivity index (χ0n) is 10.3. The Morgan fingerprint density at radius 3 is 2.63 bits per heavy atom. The van der Waals surface area contributed by atoms with Crippen LogP contribution in [0, 0.1) is 5.82 Å². The van der Waals surface area contributed by atoms with E-state index >= 15 is 0 Å². The third-order valence-electron chi connectivity index (χ3n) is 2.38. The summed E-state index contributed by atoms with van der Waals surface area (Å²) in [5.41, 5.74) is 0.226. The third kappa shape index (κ3) is 5.13. The summed E-state index contributed by atoms with van der Waals surface area (Å²) in [5, 5.41) is 11.2. The van der Waals surface area contributed by atoms with Crippen molar-refractivity contribution in [3.05, 3.63) is 29.0 Å². The van der Waals surface area contributed by atoms with Gasteiger partial charge in [-0.25, -0.2) is 9.18 Å². The summed E-state index contributed by atoms with van der Waals surface area (Å²) in [6.45, 7) is 2.16. The molecule has 2 N–H and O–H groups in total. The second-order valence-electron chi connectivity index (χ2n) is 3.81. The topological polar surface area (TPSA) is 69.6 Å². The Kier molecular flexibility index (Phi) is 5.57. The molecule has 5 nitrogen and oxygen atoms in total. The van der Waals surface area contributed by atoms with Gasteiger partial charge in [-0.1, -0.05) is 11.6 Å². The maximum Gasteiger partial charge on any atom is 0.321 e. The number of hydrogen-bond acceptors (Lipinski definition) is 2. The molecule has 0 saturated carbocycles. The lowest BCUT2D eigenvalue weighted by Gasteiger charge is -2.20. The van der Waals surface area contributed by atoms with Crippen LogP contribution in [0.4, 0.5) is 14.9 Å². The van der Waals surface area contributed by atoms with Crippen LogP contribution < -0.4 is 5.32 Å². The molecule has 0 spiro atoms. The second-order valence-corrected chi connectivity index (χ2v) is 4.25. The van der Waals surface area contributed by atoms with E-state index in [1.165, 1.54) is 11.0 Å². The van der Waals surface area contributed by atoms with Crippen LogP contribution in [0.25, 0.3) is 0 Å². The number of benzene rings is 1. The zero-order valence-corrected chi connectivity index (χ0v) is 11.1. The van der Waals surface area contributed by atoms with E-state index in [2.05, 4.69) is 5.32 Å². The Hall–Kier alpha value is -1.82. The Labute approximate surface area is 115 Å². The van der Waals surface area contributed by atoms with Crippen molar-refractivity contribution in [2.75, 3.05) is 18.4 Å². The average molecular weight is 289 g/mol. The molecule has 2 amide bonds. The Balaban J connectivity index is 2.68. The van der Waals surface area contributed by atoms with Crippen LogP contribution in [0.2, 0.25) is 5.02 Å². The summed E-state index contributed by atoms with van der Waals surface area (Å²) in [5.74, 6) is -1.54. The highest BCUT2D eigenvalue weighted by atomic mass is 35.5. The van der Waals surface area contributed by atoms with E-state index in [-0.39, 0.29) is 23.7 Å². The predicted octanol–water partition coefficient (Wildman–Crippen LogP) is 2.81. The molecule has 0 aliphatic heterocycles. The lowest BCUT2D eigenvalue weighted by molar-refractivity contribution is -0.137. The van der Waals surface area contributed by atoms with E-state index in [0.29, 0.717) is 6.54 Å². The van der Waals surface area contributed by atoms with Crippen molar-refractivity contribution in [1.82, 2.24) is 4.90 Å². The lowest BCUT2D eigenvalue weighted by Crippen LogP contribution is -2.36. The highest BCUT2D eigenvalue weighted by molar-refractivity contribution is 6.30. The van der Waals surface area contributed by atoms with Crippen LogP contribution >= 0.6 is 11.6 Å². The van der Waals surface area contributed by atoms with Crippen molar-refractivity contribution >= 4 is 29.3 Å². The molecule has 19 heavy (non-hydrogen) atoms. The van der Waals surface area contributed by atoms with E-state index in [1.54, 1.807) is 6.92 Å². The number of hydrogen-bond donors (Lipinski definition) is 2. The number of carboxylic acids is 1. The van der Waals surface area contributed by atoms with Crippen LogP contribution in [-0.2, 0) is 4.79 Å². The van der Waals surface area contributed by atoms with Crippen LogP contribution in [0.1, 0.15) is 13.3 Å². The van der Waals surface area contributed by atoms with Gasteiger partial charge in [0.05, 0.1) is 6.42 Å². The van der Waals surface area contributed by atoms with Crippen molar-refractivity contribution in [2.24, 2.45) is 0 Å². The van der Waals surface area contributed by atoms with Gasteiger partial charge in [-0.2, -0.15) is 0 Å². The van der Waals surface area contributed by atoms with Crippen molar-refractivity contribution in [1.29, 1.82) is 0 Å². The number of urea groups is 1. The summed E-state index contributed by atoms with van der Waals surface area (Å²) in [4.78, 5) is 23.6. The fourth-order valence-corrected chi connectivity index (χ4v) is 1.68. The monoisotopic (exact) mass is 288 g/mol. The quantitative estimate of drug-likeness (QED) is 0.875. The number of carboxylic acid groups (broad SMARTS) is 1. The van der Waals surface area contributed by atoms with Crippen molar-refractivity contribution < 1.29 is 19.1 Å². The molecule has 1 aromatic carbocycles. The van der Waals surface area contributed by atoms with Crippen LogP contribution in [0.5, 0.6) is 0 Å². The molecule has 0 unspecified atom stereocenters. The highest BCUT2D eigenvalue weighted by Gasteiger charge is 2.13. The molecule has 0 aliphatic rings. The van der Waals surface area contributed by atoms with E-state index in [4.69, 9.17) is 16.7 Å². The minimum Gasteiger partial charge on any atom is -0.481 e. The SMILES string of the molecule is CCN(CCC(=O)O)C(=O)Nc1cc(F)cc(Cl)c1. The number of carbonyl (C=O) groups is 2. The summed E-state index contributed by atoms with van der Waals surface area (Å²) < 4.78 is 13.1. The first-order valence-corrected chi connectivity index (χ1v) is 6.04. The number of anilines is 1. The normalized spacial score (nSPS) is 10.1. The number of amides is 2. The van der Waals surface area contributed by atoms with Gasteiger partial charge in [0.15, 0.2) is 0 Å². The molecule has 1 aromatic rings. The third-order valence-corrected chi connectivity index (χ3v) is 2.60. The molecular weight excluding hydrogens is 275 g/mol. The Morgan fingerprint density at radius 2 is 2.11 bits per heavy atom. The molecular formula is C12H14ClFN2O3. The summed E-state index contributed by atoms with van der Waals surface area (Å²) in [7, 11) is 0. The molecule has 0 aromatic heterocycles. The van der Waals surface area contributed by atoms with E-state index in [0.717, 1.165) is 12.1 Å². The maximum absolute atomic E-state index is 13.1. The van der Waals surface area contributed by atoms with Gasteiger partial charge in [0, 0.05) is 23.8 Å². The first-order chi connectivity index (χ1) is 8.92. The molecule has 0 saturated heterocycles. The minimum absolute atomic E-state index is 0.0840. The van der Waals surface area contributed by atoms with E-state index in [9.17, 15) is 14.0 Å². The Bertz CT molecular complexity index is 462. The van der Waals surface area contributed by atoms with Gasteiger partial charge in [0.1, 0.15) is 5.82 Å². The van der Waals surface area contributed by atoms with Gasteiger partial charge in [0.2, 0.25) is 0 Å². The molecule has 1 rings (SSSR count). The number of rotatable bonds is 5. The maximum atomic E-state index is 13.1. The molecule has 0 radical (unpaired) electrons. The van der Waals surface area contributed by atoms with Crippen molar-refractivity contribution in [3.63, 3.8) is 0 Å². The standard InChI is InChI=1S/C12H14ClFN2O3/c1-2-16(4-3-11(17)18)12(19)15-10-6-8(13)5-9(14)7-10/h5-7H,2-4H2,1H3,(H,15,19)(H,17,18). The lowest BCUT2D eigenvalue weighted by atomic mass is 10.3.